The third-order valence-corrected chi connectivity index (χ3v) is 3.30. The molecule has 0 fully saturated rings. The molecular formula is C15H26O2. The number of carbonyl (C=O) groups is 1. The van der Waals surface area contributed by atoms with Gasteiger partial charge in [0.25, 0.3) is 0 Å². The van der Waals surface area contributed by atoms with Gasteiger partial charge in [0.1, 0.15) is 0 Å². The van der Waals surface area contributed by atoms with E-state index in [9.17, 15) is 4.79 Å². The van der Waals surface area contributed by atoms with E-state index in [1.54, 1.807) is 6.26 Å². The van der Waals surface area contributed by atoms with E-state index in [1.807, 2.05) is 0 Å². The van der Waals surface area contributed by atoms with E-state index in [4.69, 9.17) is 4.74 Å². The molecule has 1 rings (SSSR count). The number of hydrogen-bond donors (Lipinski definition) is 0. The summed E-state index contributed by atoms with van der Waals surface area (Å²) in [6.45, 7) is 3.01. The van der Waals surface area contributed by atoms with Crippen LogP contribution in [0.3, 0.4) is 0 Å². The highest BCUT2D eigenvalue weighted by atomic mass is 16.5. The second-order valence-electron chi connectivity index (χ2n) is 4.91. The van der Waals surface area contributed by atoms with E-state index in [0.29, 0.717) is 12.2 Å². The lowest BCUT2D eigenvalue weighted by atomic mass is 10.0. The summed E-state index contributed by atoms with van der Waals surface area (Å²) in [5.74, 6) is 0.304. The first-order chi connectivity index (χ1) is 8.34. The third kappa shape index (κ3) is 6.50. The SMILES string of the molecule is CCCCCCCCCC(=O)C1=COCCC1. The van der Waals surface area contributed by atoms with E-state index in [-0.39, 0.29) is 0 Å². The summed E-state index contributed by atoms with van der Waals surface area (Å²) in [7, 11) is 0. The number of allylic oxidation sites excluding steroid dienone is 1. The number of unbranched alkanes of at least 4 members (excludes halogenated alkanes) is 6. The third-order valence-electron chi connectivity index (χ3n) is 3.30. The number of Topliss-reactive ketones (excluding diaryl/α,β-unsaturated/α-hetero) is 1. The first-order valence-electron chi connectivity index (χ1n) is 7.18. The van der Waals surface area contributed by atoms with Crippen molar-refractivity contribution in [2.45, 2.75) is 71.1 Å². The molecule has 0 N–H and O–H groups in total. The van der Waals surface area contributed by atoms with Crippen LogP contribution >= 0.6 is 0 Å². The molecule has 0 atom stereocenters. The van der Waals surface area contributed by atoms with Crippen molar-refractivity contribution in [3.8, 4) is 0 Å². The van der Waals surface area contributed by atoms with Crippen LogP contribution < -0.4 is 0 Å². The zero-order chi connectivity index (χ0) is 12.3. The highest BCUT2D eigenvalue weighted by molar-refractivity contribution is 5.95. The summed E-state index contributed by atoms with van der Waals surface area (Å²) < 4.78 is 5.19. The van der Waals surface area contributed by atoms with Crippen molar-refractivity contribution in [1.29, 1.82) is 0 Å². The molecule has 2 nitrogen and oxygen atoms in total. The Morgan fingerprint density at radius 3 is 2.53 bits per heavy atom. The molecule has 0 spiro atoms. The molecule has 0 radical (unpaired) electrons. The van der Waals surface area contributed by atoms with Crippen molar-refractivity contribution in [2.24, 2.45) is 0 Å². The van der Waals surface area contributed by atoms with Gasteiger partial charge in [-0.15, -0.1) is 0 Å². The molecule has 1 aliphatic heterocycles. The second-order valence-corrected chi connectivity index (χ2v) is 4.91. The smallest absolute Gasteiger partial charge is 0.161 e. The maximum atomic E-state index is 11.8. The molecule has 1 heterocycles. The van der Waals surface area contributed by atoms with Gasteiger partial charge in [0.15, 0.2) is 5.78 Å². The topological polar surface area (TPSA) is 26.3 Å². The van der Waals surface area contributed by atoms with Gasteiger partial charge in [-0.1, -0.05) is 45.4 Å². The highest BCUT2D eigenvalue weighted by Gasteiger charge is 2.12. The van der Waals surface area contributed by atoms with Gasteiger partial charge < -0.3 is 4.74 Å². The minimum atomic E-state index is 0.304. The molecule has 98 valence electrons. The molecule has 1 aliphatic rings. The minimum absolute atomic E-state index is 0.304. The van der Waals surface area contributed by atoms with Crippen LogP contribution in [0.25, 0.3) is 0 Å². The Bertz CT molecular complexity index is 243. The summed E-state index contributed by atoms with van der Waals surface area (Å²) in [6.07, 6.45) is 13.1. The number of rotatable bonds is 9. The summed E-state index contributed by atoms with van der Waals surface area (Å²) in [6, 6.07) is 0. The maximum absolute atomic E-state index is 11.8. The van der Waals surface area contributed by atoms with Crippen molar-refractivity contribution in [3.63, 3.8) is 0 Å². The van der Waals surface area contributed by atoms with Crippen LogP contribution in [0.15, 0.2) is 11.8 Å². The van der Waals surface area contributed by atoms with Gasteiger partial charge in [-0.25, -0.2) is 0 Å². The Morgan fingerprint density at radius 2 is 1.88 bits per heavy atom. The van der Waals surface area contributed by atoms with Crippen molar-refractivity contribution in [2.75, 3.05) is 6.61 Å². The predicted octanol–water partition coefficient (Wildman–Crippen LogP) is 4.39. The van der Waals surface area contributed by atoms with E-state index in [1.165, 1.54) is 38.5 Å². The van der Waals surface area contributed by atoms with E-state index in [0.717, 1.165) is 31.4 Å². The van der Waals surface area contributed by atoms with Crippen molar-refractivity contribution in [3.05, 3.63) is 11.8 Å². The summed E-state index contributed by atoms with van der Waals surface area (Å²) in [4.78, 5) is 11.8. The predicted molar refractivity (Wildman–Crippen MR) is 70.9 cm³/mol. The first-order valence-corrected chi connectivity index (χ1v) is 7.18. The van der Waals surface area contributed by atoms with Crippen LogP contribution in [0.1, 0.15) is 71.1 Å². The van der Waals surface area contributed by atoms with Crippen LogP contribution in [0.5, 0.6) is 0 Å². The van der Waals surface area contributed by atoms with Crippen LogP contribution in [0, 0.1) is 0 Å². The molecule has 0 bridgehead atoms. The Morgan fingerprint density at radius 1 is 1.18 bits per heavy atom. The molecule has 2 heteroatoms. The van der Waals surface area contributed by atoms with Crippen molar-refractivity contribution < 1.29 is 9.53 Å². The minimum Gasteiger partial charge on any atom is -0.501 e. The largest absolute Gasteiger partial charge is 0.501 e. The van der Waals surface area contributed by atoms with Crippen molar-refractivity contribution >= 4 is 5.78 Å². The molecule has 0 aliphatic carbocycles. The van der Waals surface area contributed by atoms with Crippen LogP contribution in [0.4, 0.5) is 0 Å². The van der Waals surface area contributed by atoms with Crippen LogP contribution in [-0.2, 0) is 9.53 Å². The Labute approximate surface area is 105 Å². The van der Waals surface area contributed by atoms with Gasteiger partial charge in [-0.05, 0) is 19.3 Å². The van der Waals surface area contributed by atoms with Gasteiger partial charge in [0, 0.05) is 12.0 Å². The molecule has 0 amide bonds. The monoisotopic (exact) mass is 238 g/mol. The van der Waals surface area contributed by atoms with Crippen LogP contribution in [0.2, 0.25) is 0 Å². The van der Waals surface area contributed by atoms with E-state index in [2.05, 4.69) is 6.92 Å². The number of carbonyl (C=O) groups excluding carboxylic acids is 1. The lowest BCUT2D eigenvalue weighted by Crippen LogP contribution is -2.08. The van der Waals surface area contributed by atoms with Gasteiger partial charge in [-0.3, -0.25) is 4.79 Å². The summed E-state index contributed by atoms with van der Waals surface area (Å²) in [5, 5.41) is 0. The van der Waals surface area contributed by atoms with Crippen molar-refractivity contribution in [1.82, 2.24) is 0 Å². The fourth-order valence-electron chi connectivity index (χ4n) is 2.17. The molecule has 17 heavy (non-hydrogen) atoms. The van der Waals surface area contributed by atoms with E-state index >= 15 is 0 Å². The summed E-state index contributed by atoms with van der Waals surface area (Å²) in [5.41, 5.74) is 0.905. The Balaban J connectivity index is 1.98. The number of ketones is 1. The molecular weight excluding hydrogens is 212 g/mol. The highest BCUT2D eigenvalue weighted by Crippen LogP contribution is 2.16. The zero-order valence-corrected chi connectivity index (χ0v) is 11.2. The van der Waals surface area contributed by atoms with Crippen LogP contribution in [-0.4, -0.2) is 12.4 Å². The average molecular weight is 238 g/mol. The molecule has 0 aromatic carbocycles. The molecule has 0 aromatic rings. The zero-order valence-electron chi connectivity index (χ0n) is 11.2. The lowest BCUT2D eigenvalue weighted by Gasteiger charge is -2.12. The van der Waals surface area contributed by atoms with Gasteiger partial charge in [0.05, 0.1) is 12.9 Å². The molecule has 0 saturated carbocycles. The average Bonchev–Trinajstić information content (AvgIpc) is 2.38. The number of hydrogen-bond acceptors (Lipinski definition) is 2. The van der Waals surface area contributed by atoms with Gasteiger partial charge in [0.2, 0.25) is 0 Å². The Hall–Kier alpha value is -0.790. The fraction of sp³-hybridized carbons (Fsp3) is 0.800. The molecule has 0 saturated heterocycles. The van der Waals surface area contributed by atoms with Gasteiger partial charge in [-0.2, -0.15) is 0 Å². The molecule has 0 unspecified atom stereocenters. The lowest BCUT2D eigenvalue weighted by molar-refractivity contribution is -0.116. The Kier molecular flexibility index (Phi) is 7.78. The quantitative estimate of drug-likeness (QED) is 0.557. The van der Waals surface area contributed by atoms with Gasteiger partial charge >= 0.3 is 0 Å². The fourth-order valence-corrected chi connectivity index (χ4v) is 2.17. The second kappa shape index (κ2) is 9.26. The standard InChI is InChI=1S/C15H26O2/c1-2-3-4-5-6-7-8-11-15(16)14-10-9-12-17-13-14/h13H,2-12H2,1H3. The molecule has 0 aromatic heterocycles. The van der Waals surface area contributed by atoms with E-state index < -0.39 is 0 Å². The maximum Gasteiger partial charge on any atom is 0.161 e. The number of ether oxygens (including phenoxy) is 1. The summed E-state index contributed by atoms with van der Waals surface area (Å²) >= 11 is 0. The normalized spacial score (nSPS) is 15.2. The first kappa shape index (κ1) is 14.3.